The second-order valence-corrected chi connectivity index (χ2v) is 11.2. The molecule has 4 aromatic rings. The summed E-state index contributed by atoms with van der Waals surface area (Å²) in [5.74, 6) is 2.17. The summed E-state index contributed by atoms with van der Waals surface area (Å²) in [6, 6.07) is 35.3. The molecular formula is C30H26OS2. The van der Waals surface area contributed by atoms with Crippen molar-refractivity contribution in [2.75, 3.05) is 11.5 Å². The standard InChI is InChI=1S/C30H26OS2/c31-29(27-18-17-24-12-7-8-15-26(24)22-27)30(32-20-9-21-33-30)28(25-13-5-2-6-14-25)19-16-23-10-3-1-4-11-23/h1-8,10-19,22,28H,9,20-21H2/b19-16+/t28-/m0/s1. The molecule has 1 aliphatic rings. The van der Waals surface area contributed by atoms with E-state index in [1.165, 1.54) is 5.56 Å². The molecule has 0 spiro atoms. The third kappa shape index (κ3) is 4.66. The molecule has 0 N–H and O–H groups in total. The van der Waals surface area contributed by atoms with E-state index in [1.54, 1.807) is 0 Å². The molecule has 0 bridgehead atoms. The minimum atomic E-state index is -0.590. The molecule has 1 heterocycles. The predicted octanol–water partition coefficient (Wildman–Crippen LogP) is 8.09. The fraction of sp³-hybridized carbons (Fsp3) is 0.167. The van der Waals surface area contributed by atoms with Gasteiger partial charge in [-0.2, -0.15) is 0 Å². The third-order valence-corrected chi connectivity index (χ3v) is 9.53. The highest BCUT2D eigenvalue weighted by atomic mass is 32.2. The van der Waals surface area contributed by atoms with Crippen molar-refractivity contribution in [3.05, 3.63) is 126 Å². The number of rotatable bonds is 6. The lowest BCUT2D eigenvalue weighted by Crippen LogP contribution is -2.40. The van der Waals surface area contributed by atoms with Crippen molar-refractivity contribution < 1.29 is 4.79 Å². The van der Waals surface area contributed by atoms with Gasteiger partial charge in [0.05, 0.1) is 0 Å². The van der Waals surface area contributed by atoms with E-state index in [0.717, 1.165) is 39.8 Å². The molecule has 1 saturated heterocycles. The van der Waals surface area contributed by atoms with Crippen LogP contribution in [0.5, 0.6) is 0 Å². The monoisotopic (exact) mass is 466 g/mol. The number of hydrogen-bond acceptors (Lipinski definition) is 3. The molecule has 0 amide bonds. The SMILES string of the molecule is O=C(c1ccc2ccccc2c1)C1([C@@H](/C=C/c2ccccc2)c2ccccc2)SCCCS1. The summed E-state index contributed by atoms with van der Waals surface area (Å²) in [6.45, 7) is 0. The molecule has 1 aliphatic heterocycles. The molecule has 0 saturated carbocycles. The number of fused-ring (bicyclic) bond motifs is 1. The van der Waals surface area contributed by atoms with Crippen molar-refractivity contribution in [1.82, 2.24) is 0 Å². The lowest BCUT2D eigenvalue weighted by molar-refractivity contribution is 0.0973. The predicted molar refractivity (Wildman–Crippen MR) is 145 cm³/mol. The Balaban J connectivity index is 1.61. The highest BCUT2D eigenvalue weighted by Crippen LogP contribution is 2.54. The Kier molecular flexibility index (Phi) is 6.70. The smallest absolute Gasteiger partial charge is 0.189 e. The number of carbonyl (C=O) groups is 1. The zero-order valence-electron chi connectivity index (χ0n) is 18.4. The first-order valence-corrected chi connectivity index (χ1v) is 13.3. The van der Waals surface area contributed by atoms with Crippen LogP contribution < -0.4 is 0 Å². The van der Waals surface area contributed by atoms with Gasteiger partial charge in [-0.05, 0) is 45.9 Å². The fourth-order valence-corrected chi connectivity index (χ4v) is 7.91. The van der Waals surface area contributed by atoms with Crippen molar-refractivity contribution in [3.8, 4) is 0 Å². The maximum absolute atomic E-state index is 14.3. The molecule has 4 aromatic carbocycles. The molecule has 1 fully saturated rings. The van der Waals surface area contributed by atoms with Gasteiger partial charge < -0.3 is 0 Å². The number of Topliss-reactive ketones (excluding diaryl/α,β-unsaturated/α-hetero) is 1. The van der Waals surface area contributed by atoms with E-state index in [1.807, 2.05) is 53.9 Å². The maximum Gasteiger partial charge on any atom is 0.189 e. The van der Waals surface area contributed by atoms with Gasteiger partial charge in [0, 0.05) is 11.5 Å². The van der Waals surface area contributed by atoms with Crippen LogP contribution in [-0.4, -0.2) is 21.4 Å². The summed E-state index contributed by atoms with van der Waals surface area (Å²) >= 11 is 3.64. The molecular weight excluding hydrogens is 440 g/mol. The van der Waals surface area contributed by atoms with Crippen LogP contribution in [0.15, 0.2) is 109 Å². The molecule has 0 unspecified atom stereocenters. The van der Waals surface area contributed by atoms with E-state index in [2.05, 4.69) is 84.9 Å². The Labute approximate surface area is 204 Å². The molecule has 1 nitrogen and oxygen atoms in total. The summed E-state index contributed by atoms with van der Waals surface area (Å²) in [7, 11) is 0. The van der Waals surface area contributed by atoms with Crippen molar-refractivity contribution >= 4 is 46.2 Å². The molecule has 0 aliphatic carbocycles. The highest BCUT2D eigenvalue weighted by Gasteiger charge is 2.48. The number of allylic oxidation sites excluding steroid dienone is 1. The van der Waals surface area contributed by atoms with Gasteiger partial charge in [0.1, 0.15) is 4.08 Å². The lowest BCUT2D eigenvalue weighted by atomic mass is 9.89. The minimum Gasteiger partial charge on any atom is -0.292 e. The van der Waals surface area contributed by atoms with E-state index in [0.29, 0.717) is 0 Å². The van der Waals surface area contributed by atoms with Crippen LogP contribution in [0.4, 0.5) is 0 Å². The van der Waals surface area contributed by atoms with E-state index >= 15 is 0 Å². The van der Waals surface area contributed by atoms with Crippen molar-refractivity contribution in [1.29, 1.82) is 0 Å². The molecule has 0 radical (unpaired) electrons. The first-order chi connectivity index (χ1) is 16.3. The van der Waals surface area contributed by atoms with Crippen LogP contribution in [0.3, 0.4) is 0 Å². The summed E-state index contributed by atoms with van der Waals surface area (Å²) in [5, 5.41) is 2.27. The van der Waals surface area contributed by atoms with Crippen LogP contribution in [0.25, 0.3) is 16.8 Å². The molecule has 164 valence electrons. The molecule has 3 heteroatoms. The first-order valence-electron chi connectivity index (χ1n) is 11.4. The maximum atomic E-state index is 14.3. The zero-order valence-corrected chi connectivity index (χ0v) is 20.0. The van der Waals surface area contributed by atoms with Gasteiger partial charge in [-0.25, -0.2) is 0 Å². The van der Waals surface area contributed by atoms with Crippen LogP contribution in [0.1, 0.15) is 33.8 Å². The van der Waals surface area contributed by atoms with Gasteiger partial charge in [0.2, 0.25) is 0 Å². The third-order valence-electron chi connectivity index (χ3n) is 6.10. The topological polar surface area (TPSA) is 17.1 Å². The first kappa shape index (κ1) is 22.1. The Morgan fingerprint density at radius 2 is 1.39 bits per heavy atom. The van der Waals surface area contributed by atoms with E-state index in [9.17, 15) is 4.79 Å². The quantitative estimate of drug-likeness (QED) is 0.267. The second kappa shape index (κ2) is 10.0. The van der Waals surface area contributed by atoms with Crippen molar-refractivity contribution in [3.63, 3.8) is 0 Å². The number of ketones is 1. The lowest BCUT2D eigenvalue weighted by Gasteiger charge is -2.40. The fourth-order valence-electron chi connectivity index (χ4n) is 4.42. The van der Waals surface area contributed by atoms with Gasteiger partial charge in [-0.1, -0.05) is 109 Å². The summed E-state index contributed by atoms with van der Waals surface area (Å²) in [6.07, 6.45) is 5.55. The Morgan fingerprint density at radius 1 is 0.758 bits per heavy atom. The summed E-state index contributed by atoms with van der Waals surface area (Å²) < 4.78 is -0.590. The largest absolute Gasteiger partial charge is 0.292 e. The zero-order chi connectivity index (χ0) is 22.5. The Bertz CT molecular complexity index is 1260. The van der Waals surface area contributed by atoms with Gasteiger partial charge in [0.15, 0.2) is 5.78 Å². The molecule has 5 rings (SSSR count). The van der Waals surface area contributed by atoms with E-state index in [-0.39, 0.29) is 11.7 Å². The van der Waals surface area contributed by atoms with Crippen LogP contribution in [0.2, 0.25) is 0 Å². The molecule has 0 aromatic heterocycles. The number of carbonyl (C=O) groups excluding carboxylic acids is 1. The van der Waals surface area contributed by atoms with Gasteiger partial charge in [-0.3, -0.25) is 4.79 Å². The summed E-state index contributed by atoms with van der Waals surface area (Å²) in [4.78, 5) is 14.3. The van der Waals surface area contributed by atoms with Gasteiger partial charge in [-0.15, -0.1) is 23.5 Å². The highest BCUT2D eigenvalue weighted by molar-refractivity contribution is 8.20. The number of thioether (sulfide) groups is 2. The second-order valence-electron chi connectivity index (χ2n) is 8.27. The normalized spacial score (nSPS) is 16.6. The Hall–Kier alpha value is -2.75. The van der Waals surface area contributed by atoms with Crippen LogP contribution >= 0.6 is 23.5 Å². The van der Waals surface area contributed by atoms with Gasteiger partial charge in [0.25, 0.3) is 0 Å². The van der Waals surface area contributed by atoms with Gasteiger partial charge >= 0.3 is 0 Å². The number of hydrogen-bond donors (Lipinski definition) is 0. The molecule has 33 heavy (non-hydrogen) atoms. The average molecular weight is 467 g/mol. The summed E-state index contributed by atoms with van der Waals surface area (Å²) in [5.41, 5.74) is 3.13. The average Bonchev–Trinajstić information content (AvgIpc) is 2.90. The van der Waals surface area contributed by atoms with Crippen molar-refractivity contribution in [2.45, 2.75) is 16.4 Å². The van der Waals surface area contributed by atoms with Crippen LogP contribution in [0, 0.1) is 0 Å². The molecule has 1 atom stereocenters. The van der Waals surface area contributed by atoms with E-state index < -0.39 is 4.08 Å². The number of benzene rings is 4. The Morgan fingerprint density at radius 3 is 2.12 bits per heavy atom. The van der Waals surface area contributed by atoms with E-state index in [4.69, 9.17) is 0 Å². The van der Waals surface area contributed by atoms with Crippen LogP contribution in [-0.2, 0) is 0 Å². The minimum absolute atomic E-state index is 0.0341. The van der Waals surface area contributed by atoms with Crippen molar-refractivity contribution in [2.24, 2.45) is 0 Å².